The molecule has 0 amide bonds. The Morgan fingerprint density at radius 3 is 2.46 bits per heavy atom. The number of allylic oxidation sites excluding steroid dienone is 4. The minimum Gasteiger partial charge on any atom is -0.451 e. The monoisotopic (exact) mass is 404 g/mol. The normalized spacial score (nSPS) is 46.9. The molecular weight excluding hydrogens is 376 g/mol. The van der Waals surface area contributed by atoms with Crippen LogP contribution in [0.25, 0.3) is 0 Å². The van der Waals surface area contributed by atoms with E-state index in [9.17, 15) is 14.4 Å². The lowest BCUT2D eigenvalue weighted by Crippen LogP contribution is -2.59. The number of halogens is 1. The van der Waals surface area contributed by atoms with E-state index in [2.05, 4.69) is 19.9 Å². The maximum absolute atomic E-state index is 12.8. The summed E-state index contributed by atoms with van der Waals surface area (Å²) in [6, 6.07) is 0. The summed E-state index contributed by atoms with van der Waals surface area (Å²) >= 11 is 6.81. The molecule has 0 bridgehead atoms. The number of hydrogen-bond donors (Lipinski definition) is 0. The number of rotatable bonds is 2. The van der Waals surface area contributed by atoms with E-state index in [1.807, 2.05) is 0 Å². The Morgan fingerprint density at radius 1 is 1.14 bits per heavy atom. The van der Waals surface area contributed by atoms with E-state index in [4.69, 9.17) is 16.3 Å². The first-order valence-corrected chi connectivity index (χ1v) is 10.8. The van der Waals surface area contributed by atoms with Crippen LogP contribution in [0.4, 0.5) is 0 Å². The second-order valence-corrected chi connectivity index (χ2v) is 10.2. The van der Waals surface area contributed by atoms with Gasteiger partial charge in [0.2, 0.25) is 0 Å². The molecule has 3 saturated carbocycles. The Morgan fingerprint density at radius 2 is 1.82 bits per heavy atom. The highest BCUT2D eigenvalue weighted by Gasteiger charge is 2.68. The summed E-state index contributed by atoms with van der Waals surface area (Å²) < 4.78 is 5.79. The predicted octanol–water partition coefficient (Wildman–Crippen LogP) is 4.40. The van der Waals surface area contributed by atoms with Gasteiger partial charge in [0.25, 0.3) is 0 Å². The van der Waals surface area contributed by atoms with Gasteiger partial charge in [-0.2, -0.15) is 0 Å². The SMILES string of the molecule is CC(=O)O[C@]1(C(C)=O)CCC2C3C[C@H](Cl)C4=CC(=O)C=C[C@]4(C)C3CC[C@@]21C. The van der Waals surface area contributed by atoms with Crippen molar-refractivity contribution in [2.24, 2.45) is 28.6 Å². The molecule has 28 heavy (non-hydrogen) atoms. The highest BCUT2D eigenvalue weighted by Crippen LogP contribution is 2.68. The molecule has 7 atom stereocenters. The van der Waals surface area contributed by atoms with Gasteiger partial charge in [0.1, 0.15) is 0 Å². The van der Waals surface area contributed by atoms with Crippen LogP contribution < -0.4 is 0 Å². The summed E-state index contributed by atoms with van der Waals surface area (Å²) in [7, 11) is 0. The van der Waals surface area contributed by atoms with Crippen molar-refractivity contribution in [3.63, 3.8) is 0 Å². The van der Waals surface area contributed by atoms with Crippen LogP contribution in [0.15, 0.2) is 23.8 Å². The second kappa shape index (κ2) is 6.29. The molecule has 152 valence electrons. The molecule has 3 fully saturated rings. The third-order valence-corrected chi connectivity index (χ3v) is 8.96. The number of hydrogen-bond acceptors (Lipinski definition) is 4. The van der Waals surface area contributed by atoms with Gasteiger partial charge in [-0.05, 0) is 74.5 Å². The zero-order valence-electron chi connectivity index (χ0n) is 17.1. The Kier molecular flexibility index (Phi) is 4.46. The van der Waals surface area contributed by atoms with Crippen molar-refractivity contribution in [3.8, 4) is 0 Å². The quantitative estimate of drug-likeness (QED) is 0.505. The van der Waals surface area contributed by atoms with Crippen LogP contribution in [0.2, 0.25) is 0 Å². The molecule has 0 N–H and O–H groups in total. The summed E-state index contributed by atoms with van der Waals surface area (Å²) in [5.74, 6) is 0.598. The molecule has 5 heteroatoms. The molecule has 4 rings (SSSR count). The summed E-state index contributed by atoms with van der Waals surface area (Å²) in [6.45, 7) is 7.30. The van der Waals surface area contributed by atoms with Gasteiger partial charge in [-0.25, -0.2) is 0 Å². The molecule has 4 nitrogen and oxygen atoms in total. The topological polar surface area (TPSA) is 60.4 Å². The van der Waals surface area contributed by atoms with Crippen LogP contribution in [0.1, 0.15) is 59.8 Å². The second-order valence-electron chi connectivity index (χ2n) is 9.67. The maximum Gasteiger partial charge on any atom is 0.303 e. The minimum atomic E-state index is -1.02. The van der Waals surface area contributed by atoms with Crippen molar-refractivity contribution < 1.29 is 19.1 Å². The molecule has 4 aliphatic carbocycles. The zero-order chi connectivity index (χ0) is 20.5. The van der Waals surface area contributed by atoms with Gasteiger partial charge < -0.3 is 4.74 Å². The Balaban J connectivity index is 1.75. The molecule has 0 aromatic heterocycles. The number of esters is 1. The Hall–Kier alpha value is -1.42. The van der Waals surface area contributed by atoms with Gasteiger partial charge in [0.05, 0.1) is 5.38 Å². The van der Waals surface area contributed by atoms with Crippen LogP contribution in [0, 0.1) is 28.6 Å². The lowest BCUT2D eigenvalue weighted by molar-refractivity contribution is -0.186. The van der Waals surface area contributed by atoms with Gasteiger partial charge in [-0.3, -0.25) is 14.4 Å². The van der Waals surface area contributed by atoms with E-state index in [1.54, 1.807) is 19.1 Å². The zero-order valence-corrected chi connectivity index (χ0v) is 17.8. The number of alkyl halides is 1. The molecule has 0 aromatic carbocycles. The molecule has 3 unspecified atom stereocenters. The predicted molar refractivity (Wildman–Crippen MR) is 107 cm³/mol. The van der Waals surface area contributed by atoms with Crippen LogP contribution in [-0.2, 0) is 19.1 Å². The average molecular weight is 405 g/mol. The van der Waals surface area contributed by atoms with Gasteiger partial charge in [-0.15, -0.1) is 11.6 Å². The summed E-state index contributed by atoms with van der Waals surface area (Å²) in [6.07, 6.45) is 9.50. The Labute approximate surface area is 171 Å². The van der Waals surface area contributed by atoms with E-state index in [1.165, 1.54) is 6.92 Å². The van der Waals surface area contributed by atoms with Crippen LogP contribution >= 0.6 is 11.6 Å². The summed E-state index contributed by atoms with van der Waals surface area (Å²) in [5.41, 5.74) is -0.560. The third-order valence-electron chi connectivity index (χ3n) is 8.54. The van der Waals surface area contributed by atoms with E-state index in [0.29, 0.717) is 18.3 Å². The smallest absolute Gasteiger partial charge is 0.303 e. The number of carbonyl (C=O) groups excluding carboxylic acids is 3. The number of carbonyl (C=O) groups is 3. The average Bonchev–Trinajstić information content (AvgIpc) is 2.90. The Bertz CT molecular complexity index is 813. The largest absolute Gasteiger partial charge is 0.451 e. The van der Waals surface area contributed by atoms with Gasteiger partial charge in [-0.1, -0.05) is 19.9 Å². The lowest BCUT2D eigenvalue weighted by Gasteiger charge is -2.59. The number of ketones is 2. The van der Waals surface area contributed by atoms with Crippen molar-refractivity contribution in [3.05, 3.63) is 23.8 Å². The van der Waals surface area contributed by atoms with Crippen molar-refractivity contribution in [2.75, 3.05) is 0 Å². The lowest BCUT2D eigenvalue weighted by atomic mass is 9.47. The fourth-order valence-corrected chi connectivity index (χ4v) is 7.77. The molecule has 0 aromatic rings. The molecule has 0 spiro atoms. The molecular formula is C23H29ClO4. The van der Waals surface area contributed by atoms with Gasteiger partial charge >= 0.3 is 5.97 Å². The molecule has 0 heterocycles. The van der Waals surface area contributed by atoms with E-state index < -0.39 is 5.60 Å². The highest BCUT2D eigenvalue weighted by molar-refractivity contribution is 6.23. The van der Waals surface area contributed by atoms with Crippen molar-refractivity contribution in [2.45, 2.75) is 70.8 Å². The first-order chi connectivity index (χ1) is 13.0. The summed E-state index contributed by atoms with van der Waals surface area (Å²) in [5, 5.41) is -0.177. The van der Waals surface area contributed by atoms with E-state index >= 15 is 0 Å². The summed E-state index contributed by atoms with van der Waals surface area (Å²) in [4.78, 5) is 36.6. The van der Waals surface area contributed by atoms with Gasteiger partial charge in [0, 0.05) is 17.8 Å². The fourth-order valence-electron chi connectivity index (χ4n) is 7.26. The van der Waals surface area contributed by atoms with Gasteiger partial charge in [0.15, 0.2) is 17.2 Å². The first-order valence-electron chi connectivity index (χ1n) is 10.3. The third kappa shape index (κ3) is 2.46. The first kappa shape index (κ1) is 19.9. The number of Topliss-reactive ketones (excluding diaryl/α,β-unsaturated/α-hetero) is 1. The fraction of sp³-hybridized carbons (Fsp3) is 0.696. The van der Waals surface area contributed by atoms with Crippen LogP contribution in [0.5, 0.6) is 0 Å². The molecule has 4 aliphatic rings. The van der Waals surface area contributed by atoms with E-state index in [-0.39, 0.29) is 39.7 Å². The van der Waals surface area contributed by atoms with Crippen molar-refractivity contribution in [1.29, 1.82) is 0 Å². The van der Waals surface area contributed by atoms with Crippen molar-refractivity contribution in [1.82, 2.24) is 0 Å². The van der Waals surface area contributed by atoms with E-state index in [0.717, 1.165) is 31.3 Å². The standard InChI is InChI=1S/C23H29ClO4/c1-13(25)23(28-14(2)26)10-7-18-16-12-20(24)19-11-15(27)5-8-21(19,3)17(16)6-9-22(18,23)4/h5,8,11,16-18,20H,6-7,9-10,12H2,1-4H3/t16?,17?,18?,20-,21+,22-,23-/m0/s1. The van der Waals surface area contributed by atoms with Crippen LogP contribution in [0.3, 0.4) is 0 Å². The molecule has 0 radical (unpaired) electrons. The van der Waals surface area contributed by atoms with Crippen LogP contribution in [-0.4, -0.2) is 28.5 Å². The molecule has 0 saturated heterocycles. The minimum absolute atomic E-state index is 0.0172. The van der Waals surface area contributed by atoms with Crippen molar-refractivity contribution >= 4 is 29.1 Å². The number of ether oxygens (including phenoxy) is 1. The molecule has 0 aliphatic heterocycles. The number of fused-ring (bicyclic) bond motifs is 5. The highest BCUT2D eigenvalue weighted by atomic mass is 35.5. The maximum atomic E-state index is 12.8.